The van der Waals surface area contributed by atoms with E-state index in [4.69, 9.17) is 15.2 Å². The van der Waals surface area contributed by atoms with Crippen molar-refractivity contribution in [1.29, 1.82) is 0 Å². The fraction of sp³-hybridized carbons (Fsp3) is 0.294. The molecule has 2 aromatic carbocycles. The monoisotopic (exact) mass is 271 g/mol. The second kappa shape index (κ2) is 6.44. The van der Waals surface area contributed by atoms with Gasteiger partial charge in [-0.3, -0.25) is 0 Å². The Morgan fingerprint density at radius 1 is 1.00 bits per heavy atom. The molecule has 106 valence electrons. The van der Waals surface area contributed by atoms with Crippen LogP contribution < -0.4 is 15.2 Å². The standard InChI is InChI=1S/C17H21NO2/c1-12-4-7-14(8-5-12)20-11-16(18)15-10-13(2)6-9-17(15)19-3/h4-10,16H,11,18H2,1-3H3. The lowest BCUT2D eigenvalue weighted by Gasteiger charge is -2.17. The van der Waals surface area contributed by atoms with Gasteiger partial charge in [0.1, 0.15) is 18.1 Å². The third kappa shape index (κ3) is 3.52. The molecule has 0 heterocycles. The number of methoxy groups -OCH3 is 1. The zero-order chi connectivity index (χ0) is 14.5. The maximum atomic E-state index is 6.21. The number of ether oxygens (including phenoxy) is 2. The molecule has 0 saturated heterocycles. The van der Waals surface area contributed by atoms with E-state index in [0.717, 1.165) is 22.6 Å². The predicted octanol–water partition coefficient (Wildman–Crippen LogP) is 3.39. The molecule has 2 rings (SSSR count). The molecular weight excluding hydrogens is 250 g/mol. The van der Waals surface area contributed by atoms with Crippen molar-refractivity contribution in [2.45, 2.75) is 19.9 Å². The Morgan fingerprint density at radius 2 is 1.65 bits per heavy atom. The summed E-state index contributed by atoms with van der Waals surface area (Å²) in [6, 6.07) is 13.7. The maximum absolute atomic E-state index is 6.21. The van der Waals surface area contributed by atoms with E-state index in [-0.39, 0.29) is 6.04 Å². The molecule has 3 nitrogen and oxygen atoms in total. The lowest BCUT2D eigenvalue weighted by atomic mass is 10.0. The van der Waals surface area contributed by atoms with E-state index in [9.17, 15) is 0 Å². The number of benzene rings is 2. The molecule has 0 fully saturated rings. The van der Waals surface area contributed by atoms with Crippen LogP contribution in [0.3, 0.4) is 0 Å². The third-order valence-corrected chi connectivity index (χ3v) is 3.24. The summed E-state index contributed by atoms with van der Waals surface area (Å²) in [6.45, 7) is 4.51. The molecule has 1 atom stereocenters. The van der Waals surface area contributed by atoms with Gasteiger partial charge in [0.2, 0.25) is 0 Å². The largest absolute Gasteiger partial charge is 0.496 e. The Hall–Kier alpha value is -2.00. The van der Waals surface area contributed by atoms with Gasteiger partial charge in [0, 0.05) is 5.56 Å². The quantitative estimate of drug-likeness (QED) is 0.906. The van der Waals surface area contributed by atoms with Crippen LogP contribution in [-0.4, -0.2) is 13.7 Å². The van der Waals surface area contributed by atoms with Crippen molar-refractivity contribution in [3.05, 3.63) is 59.2 Å². The minimum atomic E-state index is -0.217. The van der Waals surface area contributed by atoms with Gasteiger partial charge < -0.3 is 15.2 Å². The van der Waals surface area contributed by atoms with Crippen LogP contribution in [0.2, 0.25) is 0 Å². The summed E-state index contributed by atoms with van der Waals surface area (Å²) in [5.41, 5.74) is 9.55. The van der Waals surface area contributed by atoms with E-state index in [1.165, 1.54) is 5.56 Å². The van der Waals surface area contributed by atoms with Gasteiger partial charge in [-0.25, -0.2) is 0 Å². The van der Waals surface area contributed by atoms with E-state index in [0.29, 0.717) is 6.61 Å². The first-order chi connectivity index (χ1) is 9.60. The van der Waals surface area contributed by atoms with E-state index in [2.05, 4.69) is 0 Å². The number of hydrogen-bond acceptors (Lipinski definition) is 3. The van der Waals surface area contributed by atoms with Crippen LogP contribution in [0.15, 0.2) is 42.5 Å². The van der Waals surface area contributed by atoms with Gasteiger partial charge in [-0.15, -0.1) is 0 Å². The second-order valence-electron chi connectivity index (χ2n) is 4.98. The number of nitrogens with two attached hydrogens (primary N) is 1. The average molecular weight is 271 g/mol. The topological polar surface area (TPSA) is 44.5 Å². The minimum Gasteiger partial charge on any atom is -0.496 e. The molecule has 1 unspecified atom stereocenters. The van der Waals surface area contributed by atoms with Crippen molar-refractivity contribution in [3.63, 3.8) is 0 Å². The summed E-state index contributed by atoms with van der Waals surface area (Å²) in [5.74, 6) is 1.63. The fourth-order valence-electron chi connectivity index (χ4n) is 2.05. The van der Waals surface area contributed by atoms with Crippen molar-refractivity contribution < 1.29 is 9.47 Å². The molecular formula is C17H21NO2. The zero-order valence-corrected chi connectivity index (χ0v) is 12.2. The van der Waals surface area contributed by atoms with Gasteiger partial charge in [-0.05, 0) is 32.0 Å². The zero-order valence-electron chi connectivity index (χ0n) is 12.2. The maximum Gasteiger partial charge on any atom is 0.123 e. The number of hydrogen-bond donors (Lipinski definition) is 1. The SMILES string of the molecule is COc1ccc(C)cc1C(N)COc1ccc(C)cc1. The van der Waals surface area contributed by atoms with E-state index >= 15 is 0 Å². The molecule has 0 aliphatic heterocycles. The van der Waals surface area contributed by atoms with Crippen molar-refractivity contribution in [2.75, 3.05) is 13.7 Å². The first kappa shape index (κ1) is 14.4. The highest BCUT2D eigenvalue weighted by Gasteiger charge is 2.13. The molecule has 2 aromatic rings. The van der Waals surface area contributed by atoms with Crippen molar-refractivity contribution in [2.24, 2.45) is 5.73 Å². The summed E-state index contributed by atoms with van der Waals surface area (Å²) in [4.78, 5) is 0. The summed E-state index contributed by atoms with van der Waals surface area (Å²) >= 11 is 0. The van der Waals surface area contributed by atoms with Crippen molar-refractivity contribution in [3.8, 4) is 11.5 Å². The smallest absolute Gasteiger partial charge is 0.123 e. The molecule has 0 radical (unpaired) electrons. The molecule has 0 amide bonds. The first-order valence-corrected chi connectivity index (χ1v) is 6.69. The molecule has 0 aliphatic rings. The Balaban J connectivity index is 2.06. The van der Waals surface area contributed by atoms with Gasteiger partial charge >= 0.3 is 0 Å². The average Bonchev–Trinajstić information content (AvgIpc) is 2.46. The van der Waals surface area contributed by atoms with Crippen LogP contribution in [0.4, 0.5) is 0 Å². The lowest BCUT2D eigenvalue weighted by molar-refractivity contribution is 0.286. The Morgan fingerprint density at radius 3 is 2.30 bits per heavy atom. The minimum absolute atomic E-state index is 0.217. The normalized spacial score (nSPS) is 12.0. The van der Waals surface area contributed by atoms with Crippen molar-refractivity contribution >= 4 is 0 Å². The van der Waals surface area contributed by atoms with Crippen LogP contribution >= 0.6 is 0 Å². The Labute approximate surface area is 120 Å². The second-order valence-corrected chi connectivity index (χ2v) is 4.98. The summed E-state index contributed by atoms with van der Waals surface area (Å²) in [5, 5.41) is 0. The van der Waals surface area contributed by atoms with Crippen molar-refractivity contribution in [1.82, 2.24) is 0 Å². The summed E-state index contributed by atoms with van der Waals surface area (Å²) < 4.78 is 11.1. The van der Waals surface area contributed by atoms with Gasteiger partial charge in [-0.1, -0.05) is 35.4 Å². The van der Waals surface area contributed by atoms with Gasteiger partial charge in [0.15, 0.2) is 0 Å². The summed E-state index contributed by atoms with van der Waals surface area (Å²) in [7, 11) is 1.65. The fourth-order valence-corrected chi connectivity index (χ4v) is 2.05. The van der Waals surface area contributed by atoms with Crippen LogP contribution in [0.5, 0.6) is 11.5 Å². The van der Waals surface area contributed by atoms with E-state index in [1.807, 2.05) is 56.3 Å². The molecule has 0 aromatic heterocycles. The highest BCUT2D eigenvalue weighted by atomic mass is 16.5. The number of aryl methyl sites for hydroxylation is 2. The Bertz CT molecular complexity index is 564. The third-order valence-electron chi connectivity index (χ3n) is 3.24. The number of rotatable bonds is 5. The molecule has 0 saturated carbocycles. The van der Waals surface area contributed by atoms with Crippen LogP contribution in [0.1, 0.15) is 22.7 Å². The summed E-state index contributed by atoms with van der Waals surface area (Å²) in [6.07, 6.45) is 0. The molecule has 3 heteroatoms. The van der Waals surface area contributed by atoms with Crippen LogP contribution in [0.25, 0.3) is 0 Å². The highest BCUT2D eigenvalue weighted by Crippen LogP contribution is 2.25. The van der Waals surface area contributed by atoms with Gasteiger partial charge in [0.05, 0.1) is 13.2 Å². The van der Waals surface area contributed by atoms with Crippen LogP contribution in [0, 0.1) is 13.8 Å². The molecule has 0 aliphatic carbocycles. The van der Waals surface area contributed by atoms with E-state index < -0.39 is 0 Å². The molecule has 2 N–H and O–H groups in total. The molecule has 20 heavy (non-hydrogen) atoms. The lowest BCUT2D eigenvalue weighted by Crippen LogP contribution is -2.20. The van der Waals surface area contributed by atoms with Crippen LogP contribution in [-0.2, 0) is 0 Å². The predicted molar refractivity (Wildman–Crippen MR) is 81.3 cm³/mol. The molecule has 0 spiro atoms. The highest BCUT2D eigenvalue weighted by molar-refractivity contribution is 5.39. The molecule has 0 bridgehead atoms. The van der Waals surface area contributed by atoms with Gasteiger partial charge in [0.25, 0.3) is 0 Å². The van der Waals surface area contributed by atoms with E-state index in [1.54, 1.807) is 7.11 Å². The van der Waals surface area contributed by atoms with Gasteiger partial charge in [-0.2, -0.15) is 0 Å². The first-order valence-electron chi connectivity index (χ1n) is 6.69. The Kier molecular flexibility index (Phi) is 4.64.